The van der Waals surface area contributed by atoms with Gasteiger partial charge in [-0.05, 0) is 44.1 Å². The number of benzene rings is 2. The van der Waals surface area contributed by atoms with Gasteiger partial charge in [0.05, 0.1) is 5.57 Å². The van der Waals surface area contributed by atoms with E-state index < -0.39 is 11.8 Å². The second kappa shape index (κ2) is 11.0. The van der Waals surface area contributed by atoms with E-state index >= 15 is 0 Å². The van der Waals surface area contributed by atoms with Gasteiger partial charge in [0.25, 0.3) is 5.91 Å². The smallest absolute Gasteiger partial charge is 0.252 e. The standard InChI is InChI=1S/C25H29N3O3.ClH/c1-18(2)27-24(29)22-16-15-19(3)28(4)25(22,30)17-26-31-23(20-11-7-5-8-12-20)21-13-9-6-10-14-21;/h5-18,23,30H,1-4H3,(H,27,29);1H. The molecule has 2 aromatic rings. The fraction of sp³-hybridized carbons (Fsp3) is 0.280. The van der Waals surface area contributed by atoms with Gasteiger partial charge in [-0.3, -0.25) is 4.79 Å². The molecular weight excluding hydrogens is 426 g/mol. The maximum Gasteiger partial charge on any atom is 0.252 e. The van der Waals surface area contributed by atoms with Crippen LogP contribution in [-0.4, -0.2) is 40.9 Å². The summed E-state index contributed by atoms with van der Waals surface area (Å²) in [6.07, 6.45) is 4.22. The Hall–Kier alpha value is -3.09. The van der Waals surface area contributed by atoms with Crippen LogP contribution < -0.4 is 5.32 Å². The molecule has 3 rings (SSSR count). The summed E-state index contributed by atoms with van der Waals surface area (Å²) < 4.78 is 0. The monoisotopic (exact) mass is 455 g/mol. The van der Waals surface area contributed by atoms with Crippen molar-refractivity contribution in [3.05, 3.63) is 95.2 Å². The summed E-state index contributed by atoms with van der Waals surface area (Å²) in [7, 11) is 1.71. The van der Waals surface area contributed by atoms with E-state index in [0.29, 0.717) is 0 Å². The average Bonchev–Trinajstić information content (AvgIpc) is 2.76. The number of nitrogens with one attached hydrogen (secondary N) is 1. The van der Waals surface area contributed by atoms with Crippen molar-refractivity contribution < 1.29 is 14.7 Å². The van der Waals surface area contributed by atoms with Gasteiger partial charge in [-0.25, -0.2) is 0 Å². The van der Waals surface area contributed by atoms with Crippen LogP contribution in [0, 0.1) is 0 Å². The van der Waals surface area contributed by atoms with Gasteiger partial charge in [-0.15, -0.1) is 12.4 Å². The largest absolute Gasteiger partial charge is 0.383 e. The second-order valence-corrected chi connectivity index (χ2v) is 7.84. The molecule has 0 fully saturated rings. The van der Waals surface area contributed by atoms with E-state index in [0.717, 1.165) is 16.8 Å². The Bertz CT molecular complexity index is 951. The average molecular weight is 456 g/mol. The third kappa shape index (κ3) is 5.58. The molecule has 1 atom stereocenters. The zero-order valence-corrected chi connectivity index (χ0v) is 19.5. The van der Waals surface area contributed by atoms with Crippen LogP contribution in [0.5, 0.6) is 0 Å². The Morgan fingerprint density at radius 1 is 1.06 bits per heavy atom. The number of rotatable bonds is 7. The molecule has 0 radical (unpaired) electrons. The first-order valence-electron chi connectivity index (χ1n) is 10.3. The summed E-state index contributed by atoms with van der Waals surface area (Å²) in [5, 5.41) is 18.4. The Morgan fingerprint density at radius 2 is 1.59 bits per heavy atom. The van der Waals surface area contributed by atoms with Crippen LogP contribution in [0.3, 0.4) is 0 Å². The van der Waals surface area contributed by atoms with Gasteiger partial charge in [0.1, 0.15) is 6.21 Å². The van der Waals surface area contributed by atoms with E-state index in [-0.39, 0.29) is 29.9 Å². The van der Waals surface area contributed by atoms with Crippen LogP contribution in [0.2, 0.25) is 0 Å². The predicted molar refractivity (Wildman–Crippen MR) is 129 cm³/mol. The molecule has 1 aliphatic heterocycles. The quantitative estimate of drug-likeness (QED) is 0.485. The van der Waals surface area contributed by atoms with Gasteiger partial charge in [-0.2, -0.15) is 0 Å². The van der Waals surface area contributed by atoms with Crippen molar-refractivity contribution in [3.63, 3.8) is 0 Å². The number of likely N-dealkylation sites (N-methyl/N-ethyl adjacent to an activating group) is 1. The summed E-state index contributed by atoms with van der Waals surface area (Å²) >= 11 is 0. The maximum absolute atomic E-state index is 12.7. The Balaban J connectivity index is 0.00000363. The number of halogens is 1. The molecule has 1 heterocycles. The van der Waals surface area contributed by atoms with Gasteiger partial charge < -0.3 is 20.2 Å². The van der Waals surface area contributed by atoms with Crippen molar-refractivity contribution in [1.82, 2.24) is 10.2 Å². The number of hydrogen-bond acceptors (Lipinski definition) is 5. The number of oxime groups is 1. The molecule has 1 aliphatic rings. The van der Waals surface area contributed by atoms with Gasteiger partial charge in [-0.1, -0.05) is 65.8 Å². The number of carbonyl (C=O) groups excluding carboxylic acids is 1. The number of allylic oxidation sites excluding steroid dienone is 3. The van der Waals surface area contributed by atoms with Crippen molar-refractivity contribution >= 4 is 24.5 Å². The first kappa shape index (κ1) is 25.2. The lowest BCUT2D eigenvalue weighted by Gasteiger charge is -2.39. The highest BCUT2D eigenvalue weighted by Gasteiger charge is 2.41. The maximum atomic E-state index is 12.7. The molecule has 2 N–H and O–H groups in total. The lowest BCUT2D eigenvalue weighted by molar-refractivity contribution is -0.121. The van der Waals surface area contributed by atoms with E-state index in [1.807, 2.05) is 81.4 Å². The highest BCUT2D eigenvalue weighted by molar-refractivity contribution is 6.01. The lowest BCUT2D eigenvalue weighted by Crippen LogP contribution is -2.54. The molecule has 0 saturated heterocycles. The van der Waals surface area contributed by atoms with Crippen molar-refractivity contribution in [3.8, 4) is 0 Å². The van der Waals surface area contributed by atoms with Gasteiger partial charge in [0.15, 0.2) is 6.10 Å². The first-order valence-corrected chi connectivity index (χ1v) is 10.3. The number of amides is 1. The summed E-state index contributed by atoms with van der Waals surface area (Å²) in [4.78, 5) is 20.2. The van der Waals surface area contributed by atoms with E-state index in [1.165, 1.54) is 6.21 Å². The first-order chi connectivity index (χ1) is 14.8. The summed E-state index contributed by atoms with van der Waals surface area (Å²) in [6.45, 7) is 5.59. The van der Waals surface area contributed by atoms with E-state index in [1.54, 1.807) is 24.1 Å². The van der Waals surface area contributed by atoms with E-state index in [9.17, 15) is 9.90 Å². The molecule has 0 aromatic heterocycles. The fourth-order valence-electron chi connectivity index (χ4n) is 3.36. The molecule has 32 heavy (non-hydrogen) atoms. The highest BCUT2D eigenvalue weighted by atomic mass is 35.5. The molecule has 0 aliphatic carbocycles. The lowest BCUT2D eigenvalue weighted by atomic mass is 9.96. The van der Waals surface area contributed by atoms with Crippen LogP contribution >= 0.6 is 12.4 Å². The summed E-state index contributed by atoms with van der Waals surface area (Å²) in [5.74, 6) is -0.359. The van der Waals surface area contributed by atoms with Gasteiger partial charge in [0, 0.05) is 18.8 Å². The zero-order chi connectivity index (χ0) is 22.4. The number of hydrogen-bond donors (Lipinski definition) is 2. The van der Waals surface area contributed by atoms with Crippen molar-refractivity contribution in [2.75, 3.05) is 7.05 Å². The van der Waals surface area contributed by atoms with E-state index in [2.05, 4.69) is 10.5 Å². The van der Waals surface area contributed by atoms with Crippen LogP contribution in [0.1, 0.15) is 38.0 Å². The Labute approximate surface area is 195 Å². The van der Waals surface area contributed by atoms with Crippen LogP contribution in [-0.2, 0) is 9.63 Å². The normalized spacial score (nSPS) is 18.3. The van der Waals surface area contributed by atoms with Crippen molar-refractivity contribution in [2.45, 2.75) is 38.6 Å². The predicted octanol–water partition coefficient (Wildman–Crippen LogP) is 4.19. The third-order valence-corrected chi connectivity index (χ3v) is 5.20. The Kier molecular flexibility index (Phi) is 8.63. The van der Waals surface area contributed by atoms with Crippen LogP contribution in [0.25, 0.3) is 0 Å². The summed E-state index contributed by atoms with van der Waals surface area (Å²) in [6, 6.07) is 19.4. The minimum absolute atomic E-state index is 0. The molecule has 0 spiro atoms. The molecule has 6 nitrogen and oxygen atoms in total. The minimum atomic E-state index is -1.74. The van der Waals surface area contributed by atoms with Gasteiger partial charge >= 0.3 is 0 Å². The molecule has 170 valence electrons. The van der Waals surface area contributed by atoms with Crippen LogP contribution in [0.4, 0.5) is 0 Å². The number of nitrogens with zero attached hydrogens (tertiary/aromatic N) is 2. The molecule has 1 unspecified atom stereocenters. The van der Waals surface area contributed by atoms with Crippen molar-refractivity contribution in [2.24, 2.45) is 5.16 Å². The molecular formula is C25H30ClN3O3. The van der Waals surface area contributed by atoms with Gasteiger partial charge in [0.2, 0.25) is 5.72 Å². The summed E-state index contributed by atoms with van der Waals surface area (Å²) in [5.41, 5.74) is 1.09. The minimum Gasteiger partial charge on any atom is -0.383 e. The number of carbonyl (C=O) groups is 1. The van der Waals surface area contributed by atoms with Crippen LogP contribution in [0.15, 0.2) is 89.2 Å². The number of aliphatic hydroxyl groups is 1. The molecule has 7 heteroatoms. The zero-order valence-electron chi connectivity index (χ0n) is 18.7. The fourth-order valence-corrected chi connectivity index (χ4v) is 3.36. The second-order valence-electron chi connectivity index (χ2n) is 7.84. The highest BCUT2D eigenvalue weighted by Crippen LogP contribution is 2.29. The molecule has 0 saturated carbocycles. The molecule has 1 amide bonds. The van der Waals surface area contributed by atoms with E-state index in [4.69, 9.17) is 4.84 Å². The van der Waals surface area contributed by atoms with Crippen molar-refractivity contribution in [1.29, 1.82) is 0 Å². The SMILES string of the molecule is CC1=CC=C(C(=O)NC(C)C)C(O)(C=NOC(c2ccccc2)c2ccccc2)N1C.Cl. The third-order valence-electron chi connectivity index (χ3n) is 5.20. The Morgan fingerprint density at radius 3 is 2.09 bits per heavy atom. The molecule has 2 aromatic carbocycles. The topological polar surface area (TPSA) is 74.2 Å². The molecule has 0 bridgehead atoms.